The van der Waals surface area contributed by atoms with Crippen LogP contribution in [0.1, 0.15) is 17.4 Å². The second kappa shape index (κ2) is 8.98. The fourth-order valence-corrected chi connectivity index (χ4v) is 3.30. The highest BCUT2D eigenvalue weighted by Gasteiger charge is 2.19. The van der Waals surface area contributed by atoms with Crippen LogP contribution in [0.5, 0.6) is 0 Å². The lowest BCUT2D eigenvalue weighted by Crippen LogP contribution is -2.27. The average molecular weight is 453 g/mol. The molecule has 0 saturated carbocycles. The normalized spacial score (nSPS) is 10.8. The molecule has 0 radical (unpaired) electrons. The lowest BCUT2D eigenvalue weighted by molar-refractivity contribution is -0.119. The third-order valence-electron chi connectivity index (χ3n) is 4.59. The van der Waals surface area contributed by atoms with Gasteiger partial charge in [0.1, 0.15) is 12.7 Å². The fourth-order valence-electron chi connectivity index (χ4n) is 3.13. The van der Waals surface area contributed by atoms with E-state index in [1.54, 1.807) is 49.4 Å². The van der Waals surface area contributed by atoms with Crippen molar-refractivity contribution in [3.05, 3.63) is 76.2 Å². The number of nitrogens with zero attached hydrogens (tertiary/aromatic N) is 5. The average Bonchev–Trinajstić information content (AvgIpc) is 3.33. The second-order valence-electron chi connectivity index (χ2n) is 6.64. The molecule has 4 aromatic rings. The smallest absolute Gasteiger partial charge is 0.359 e. The highest BCUT2D eigenvalue weighted by atomic mass is 35.5. The SMILES string of the molecule is CCn1nc(C(=O)OCC(=O)Nc2cc(Cl)ccc2-n2cncn2)c2ccccc2c1=O. The van der Waals surface area contributed by atoms with Crippen molar-refractivity contribution in [3.63, 3.8) is 0 Å². The van der Waals surface area contributed by atoms with Crippen molar-refractivity contribution in [2.75, 3.05) is 11.9 Å². The van der Waals surface area contributed by atoms with Crippen LogP contribution >= 0.6 is 11.6 Å². The summed E-state index contributed by atoms with van der Waals surface area (Å²) in [4.78, 5) is 41.5. The molecule has 2 aromatic heterocycles. The molecule has 32 heavy (non-hydrogen) atoms. The van der Waals surface area contributed by atoms with Gasteiger partial charge in [0, 0.05) is 17.0 Å². The van der Waals surface area contributed by atoms with Crippen LogP contribution in [0.3, 0.4) is 0 Å². The van der Waals surface area contributed by atoms with Gasteiger partial charge in [0.2, 0.25) is 0 Å². The van der Waals surface area contributed by atoms with Gasteiger partial charge >= 0.3 is 5.97 Å². The van der Waals surface area contributed by atoms with E-state index in [1.165, 1.54) is 22.0 Å². The van der Waals surface area contributed by atoms with E-state index >= 15 is 0 Å². The molecule has 0 fully saturated rings. The van der Waals surface area contributed by atoms with Gasteiger partial charge in [-0.05, 0) is 31.2 Å². The van der Waals surface area contributed by atoms with Gasteiger partial charge in [-0.3, -0.25) is 9.59 Å². The lowest BCUT2D eigenvalue weighted by Gasteiger charge is -2.12. The molecule has 0 aliphatic carbocycles. The van der Waals surface area contributed by atoms with Crippen LogP contribution in [0.15, 0.2) is 59.9 Å². The van der Waals surface area contributed by atoms with Crippen molar-refractivity contribution in [1.29, 1.82) is 0 Å². The molecule has 0 atom stereocenters. The van der Waals surface area contributed by atoms with Crippen molar-refractivity contribution in [3.8, 4) is 5.69 Å². The molecule has 1 N–H and O–H groups in total. The molecule has 0 aliphatic rings. The van der Waals surface area contributed by atoms with Crippen LogP contribution in [0.4, 0.5) is 5.69 Å². The third kappa shape index (κ3) is 4.21. The Balaban J connectivity index is 1.53. The first-order chi connectivity index (χ1) is 15.5. The van der Waals surface area contributed by atoms with Crippen molar-refractivity contribution in [2.45, 2.75) is 13.5 Å². The minimum atomic E-state index is -0.818. The van der Waals surface area contributed by atoms with Crippen LogP contribution in [0.2, 0.25) is 5.02 Å². The molecular weight excluding hydrogens is 436 g/mol. The summed E-state index contributed by atoms with van der Waals surface area (Å²) in [5, 5.41) is 11.9. The Morgan fingerprint density at radius 3 is 2.66 bits per heavy atom. The number of hydrogen-bond donors (Lipinski definition) is 1. The summed E-state index contributed by atoms with van der Waals surface area (Å²) in [6, 6.07) is 11.5. The van der Waals surface area contributed by atoms with Crippen LogP contribution in [0, 0.1) is 0 Å². The van der Waals surface area contributed by atoms with Crippen molar-refractivity contribution in [2.24, 2.45) is 0 Å². The maximum absolute atomic E-state index is 12.7. The van der Waals surface area contributed by atoms with E-state index in [2.05, 4.69) is 20.5 Å². The number of rotatable bonds is 6. The molecule has 2 aromatic carbocycles. The summed E-state index contributed by atoms with van der Waals surface area (Å²) in [6.07, 6.45) is 2.83. The summed E-state index contributed by atoms with van der Waals surface area (Å²) in [7, 11) is 0. The Morgan fingerprint density at radius 2 is 1.94 bits per heavy atom. The molecule has 0 bridgehead atoms. The molecule has 0 saturated heterocycles. The highest BCUT2D eigenvalue weighted by Crippen LogP contribution is 2.24. The summed E-state index contributed by atoms with van der Waals surface area (Å²) in [5.74, 6) is -1.41. The van der Waals surface area contributed by atoms with Gasteiger partial charge in [-0.15, -0.1) is 0 Å². The number of nitrogens with one attached hydrogen (secondary N) is 1. The number of hydrogen-bond acceptors (Lipinski definition) is 7. The summed E-state index contributed by atoms with van der Waals surface area (Å²) >= 11 is 6.05. The van der Waals surface area contributed by atoms with Crippen molar-refractivity contribution in [1.82, 2.24) is 24.5 Å². The van der Waals surface area contributed by atoms with Crippen molar-refractivity contribution >= 4 is 39.9 Å². The zero-order valence-corrected chi connectivity index (χ0v) is 17.6. The molecule has 1 amide bonds. The topological polar surface area (TPSA) is 121 Å². The first kappa shape index (κ1) is 21.2. The number of esters is 1. The maximum Gasteiger partial charge on any atom is 0.359 e. The largest absolute Gasteiger partial charge is 0.451 e. The number of aromatic nitrogens is 5. The Bertz CT molecular complexity index is 1370. The van der Waals surface area contributed by atoms with E-state index in [1.807, 2.05) is 0 Å². The third-order valence-corrected chi connectivity index (χ3v) is 4.83. The van der Waals surface area contributed by atoms with Gasteiger partial charge in [0.05, 0.1) is 16.8 Å². The van der Waals surface area contributed by atoms with E-state index < -0.39 is 18.5 Å². The number of carbonyl (C=O) groups excluding carboxylic acids is 2. The molecule has 0 aliphatic heterocycles. The quantitative estimate of drug-likeness (QED) is 0.446. The number of benzene rings is 2. The number of fused-ring (bicyclic) bond motifs is 1. The van der Waals surface area contributed by atoms with Crippen molar-refractivity contribution < 1.29 is 14.3 Å². The van der Waals surface area contributed by atoms with E-state index in [9.17, 15) is 14.4 Å². The van der Waals surface area contributed by atoms with Gasteiger partial charge in [0.25, 0.3) is 11.5 Å². The Hall–Kier alpha value is -4.05. The summed E-state index contributed by atoms with van der Waals surface area (Å²) in [5.41, 5.74) is 0.557. The number of ether oxygens (including phenoxy) is 1. The second-order valence-corrected chi connectivity index (χ2v) is 7.08. The van der Waals surface area contributed by atoms with Gasteiger partial charge in [-0.2, -0.15) is 10.2 Å². The Morgan fingerprint density at radius 1 is 1.16 bits per heavy atom. The number of anilines is 1. The zero-order valence-electron chi connectivity index (χ0n) is 16.9. The molecule has 4 rings (SSSR count). The molecular formula is C21H17ClN6O4. The molecule has 10 nitrogen and oxygen atoms in total. The first-order valence-electron chi connectivity index (χ1n) is 9.59. The first-order valence-corrected chi connectivity index (χ1v) is 9.97. The van der Waals surface area contributed by atoms with Crippen LogP contribution in [-0.2, 0) is 16.1 Å². The van der Waals surface area contributed by atoms with Crippen LogP contribution in [-0.4, -0.2) is 43.0 Å². The fraction of sp³-hybridized carbons (Fsp3) is 0.143. The summed E-state index contributed by atoms with van der Waals surface area (Å²) in [6.45, 7) is 1.46. The number of amides is 1. The minimum Gasteiger partial charge on any atom is -0.451 e. The monoisotopic (exact) mass is 452 g/mol. The van der Waals surface area contributed by atoms with E-state index in [4.69, 9.17) is 16.3 Å². The standard InChI is InChI=1S/C21H17ClN6O4/c1-2-27-20(30)15-6-4-3-5-14(15)19(26-27)21(31)32-10-18(29)25-16-9-13(22)7-8-17(16)28-12-23-11-24-28/h3-9,11-12H,2,10H2,1H3,(H,25,29). The molecule has 162 valence electrons. The predicted octanol–water partition coefficient (Wildman–Crippen LogP) is 2.45. The zero-order chi connectivity index (χ0) is 22.7. The number of carbonyl (C=O) groups is 2. The van der Waals surface area contributed by atoms with Gasteiger partial charge < -0.3 is 10.1 Å². The number of aryl methyl sites for hydroxylation is 1. The van der Waals surface area contributed by atoms with E-state index in [-0.39, 0.29) is 17.8 Å². The van der Waals surface area contributed by atoms with E-state index in [0.29, 0.717) is 27.2 Å². The summed E-state index contributed by atoms with van der Waals surface area (Å²) < 4.78 is 7.81. The molecule has 2 heterocycles. The van der Waals surface area contributed by atoms with Gasteiger partial charge in [-0.1, -0.05) is 29.8 Å². The van der Waals surface area contributed by atoms with Crippen LogP contribution < -0.4 is 10.9 Å². The highest BCUT2D eigenvalue weighted by molar-refractivity contribution is 6.31. The molecule has 0 unspecified atom stereocenters. The van der Waals surface area contributed by atoms with Crippen LogP contribution in [0.25, 0.3) is 16.5 Å². The Labute approximate surface area is 186 Å². The van der Waals surface area contributed by atoms with Gasteiger partial charge in [0.15, 0.2) is 12.3 Å². The van der Waals surface area contributed by atoms with Gasteiger partial charge in [-0.25, -0.2) is 19.1 Å². The maximum atomic E-state index is 12.7. The Kier molecular flexibility index (Phi) is 5.95. The van der Waals surface area contributed by atoms with E-state index in [0.717, 1.165) is 0 Å². The number of halogens is 1. The minimum absolute atomic E-state index is 0.0408. The molecule has 0 spiro atoms. The lowest BCUT2D eigenvalue weighted by atomic mass is 10.1. The molecule has 11 heteroatoms. The predicted molar refractivity (Wildman–Crippen MR) is 117 cm³/mol.